The van der Waals surface area contributed by atoms with Crippen LogP contribution >= 0.6 is 0 Å². The molecule has 0 radical (unpaired) electrons. The summed E-state index contributed by atoms with van der Waals surface area (Å²) in [5, 5.41) is 2.52. The fourth-order valence-corrected chi connectivity index (χ4v) is 1.83. The van der Waals surface area contributed by atoms with Crippen LogP contribution in [0.5, 0.6) is 5.88 Å². The zero-order valence-electron chi connectivity index (χ0n) is 13.6. The van der Waals surface area contributed by atoms with Crippen molar-refractivity contribution in [2.45, 2.75) is 19.9 Å². The second-order valence-electron chi connectivity index (χ2n) is 4.83. The minimum absolute atomic E-state index is 0.0201. The normalized spacial score (nSPS) is 12.0. The van der Waals surface area contributed by atoms with Gasteiger partial charge in [0, 0.05) is 0 Å². The molecular weight excluding hydrogens is 306 g/mol. The summed E-state index contributed by atoms with van der Waals surface area (Å²) in [7, 11) is 3.68. The first-order valence-corrected chi connectivity index (χ1v) is 6.65. The lowest BCUT2D eigenvalue weighted by molar-refractivity contribution is -0.169. The average molecular weight is 325 g/mol. The molecule has 1 N–H and O–H groups in total. The number of methoxy groups -OCH3 is 3. The van der Waals surface area contributed by atoms with Gasteiger partial charge in [-0.05, 0) is 13.8 Å². The average Bonchev–Trinajstić information content (AvgIpc) is 2.59. The number of amides is 1. The Morgan fingerprint density at radius 3 is 2.17 bits per heavy atom. The number of aromatic nitrogens is 2. The molecule has 0 spiro atoms. The van der Waals surface area contributed by atoms with Crippen LogP contribution in [0.2, 0.25) is 0 Å². The van der Waals surface area contributed by atoms with Crippen LogP contribution in [0.3, 0.4) is 0 Å². The van der Waals surface area contributed by atoms with Gasteiger partial charge in [-0.15, -0.1) is 0 Å². The fraction of sp³-hybridized carbons (Fsp3) is 0.500. The van der Waals surface area contributed by atoms with Crippen molar-refractivity contribution in [2.75, 3.05) is 21.3 Å². The van der Waals surface area contributed by atoms with E-state index in [0.29, 0.717) is 0 Å². The number of hydrogen-bond acceptors (Lipinski definition) is 8. The van der Waals surface area contributed by atoms with Gasteiger partial charge < -0.3 is 19.5 Å². The quantitative estimate of drug-likeness (QED) is 0.572. The summed E-state index contributed by atoms with van der Waals surface area (Å²) in [5.74, 6) is -2.11. The van der Waals surface area contributed by atoms with E-state index in [0.717, 1.165) is 14.2 Å². The van der Waals surface area contributed by atoms with Crippen LogP contribution in [-0.2, 0) is 19.1 Å². The lowest BCUT2D eigenvalue weighted by Gasteiger charge is -2.30. The Bertz CT molecular complexity index is 588. The Morgan fingerprint density at radius 1 is 1.13 bits per heavy atom. The number of hydrogen-bond donors (Lipinski definition) is 1. The molecule has 1 aromatic rings. The molecule has 126 valence electrons. The zero-order valence-corrected chi connectivity index (χ0v) is 13.6. The molecule has 0 aliphatic carbocycles. The first-order chi connectivity index (χ1) is 10.8. The molecular formula is C14H19N3O6. The van der Waals surface area contributed by atoms with Crippen LogP contribution in [0.4, 0.5) is 0 Å². The molecule has 0 saturated carbocycles. The number of rotatable bonds is 6. The SMILES string of the molecule is COC(=O)C(C)(C(=O)OC)C(C)NC(=O)c1cncc(OC)n1. The molecule has 0 aromatic carbocycles. The summed E-state index contributed by atoms with van der Waals surface area (Å²) in [6.07, 6.45) is 2.57. The standard InChI is InChI=1S/C14H19N3O6/c1-8(14(2,12(19)22-4)13(20)23-5)16-11(18)9-6-15-7-10(17-9)21-3/h6-8H,1-5H3,(H,16,18). The molecule has 0 saturated heterocycles. The van der Waals surface area contributed by atoms with Gasteiger partial charge in [0.05, 0.1) is 39.8 Å². The Kier molecular flexibility index (Phi) is 6.00. The maximum absolute atomic E-state index is 12.2. The highest BCUT2D eigenvalue weighted by atomic mass is 16.5. The van der Waals surface area contributed by atoms with Gasteiger partial charge in [-0.3, -0.25) is 19.4 Å². The van der Waals surface area contributed by atoms with E-state index in [9.17, 15) is 14.4 Å². The molecule has 1 heterocycles. The lowest BCUT2D eigenvalue weighted by atomic mass is 9.83. The van der Waals surface area contributed by atoms with Gasteiger partial charge in [0.2, 0.25) is 5.88 Å². The Morgan fingerprint density at radius 2 is 1.70 bits per heavy atom. The molecule has 1 unspecified atom stereocenters. The van der Waals surface area contributed by atoms with E-state index in [1.807, 2.05) is 0 Å². The van der Waals surface area contributed by atoms with Crippen molar-refractivity contribution in [3.05, 3.63) is 18.1 Å². The Balaban J connectivity index is 3.02. The van der Waals surface area contributed by atoms with E-state index in [4.69, 9.17) is 4.74 Å². The van der Waals surface area contributed by atoms with Gasteiger partial charge in [0.25, 0.3) is 5.91 Å². The van der Waals surface area contributed by atoms with Crippen LogP contribution in [0.1, 0.15) is 24.3 Å². The highest BCUT2D eigenvalue weighted by Crippen LogP contribution is 2.25. The highest BCUT2D eigenvalue weighted by molar-refractivity contribution is 6.01. The largest absolute Gasteiger partial charge is 0.480 e. The number of nitrogens with one attached hydrogen (secondary N) is 1. The molecule has 0 fully saturated rings. The van der Waals surface area contributed by atoms with Crippen molar-refractivity contribution < 1.29 is 28.6 Å². The van der Waals surface area contributed by atoms with Gasteiger partial charge >= 0.3 is 11.9 Å². The van der Waals surface area contributed by atoms with E-state index in [-0.39, 0.29) is 11.6 Å². The summed E-state index contributed by atoms with van der Waals surface area (Å²) < 4.78 is 14.2. The number of ether oxygens (including phenoxy) is 3. The zero-order chi connectivity index (χ0) is 17.6. The first kappa shape index (κ1) is 18.3. The molecule has 1 rings (SSSR count). The third-order valence-electron chi connectivity index (χ3n) is 3.49. The van der Waals surface area contributed by atoms with E-state index in [1.165, 1.54) is 33.4 Å². The molecule has 0 aliphatic rings. The van der Waals surface area contributed by atoms with Crippen LogP contribution in [0.25, 0.3) is 0 Å². The monoisotopic (exact) mass is 325 g/mol. The molecule has 1 atom stereocenters. The number of nitrogens with zero attached hydrogens (tertiary/aromatic N) is 2. The summed E-state index contributed by atoms with van der Waals surface area (Å²) in [6.45, 7) is 2.81. The van der Waals surface area contributed by atoms with Gasteiger partial charge in [-0.1, -0.05) is 0 Å². The second kappa shape index (κ2) is 7.52. The number of carbonyl (C=O) groups is 3. The van der Waals surface area contributed by atoms with E-state index >= 15 is 0 Å². The molecule has 1 amide bonds. The molecule has 0 aliphatic heterocycles. The molecule has 23 heavy (non-hydrogen) atoms. The number of carbonyl (C=O) groups excluding carboxylic acids is 3. The van der Waals surface area contributed by atoms with Gasteiger partial charge in [0.1, 0.15) is 5.69 Å². The predicted octanol–water partition coefficient (Wildman–Crippen LogP) is -0.0442. The van der Waals surface area contributed by atoms with Crippen molar-refractivity contribution in [1.29, 1.82) is 0 Å². The Labute approximate surface area is 133 Å². The molecule has 9 heteroatoms. The Hall–Kier alpha value is -2.71. The van der Waals surface area contributed by atoms with Crippen molar-refractivity contribution in [3.8, 4) is 5.88 Å². The molecule has 0 bridgehead atoms. The van der Waals surface area contributed by atoms with E-state index < -0.39 is 29.3 Å². The smallest absolute Gasteiger partial charge is 0.325 e. The van der Waals surface area contributed by atoms with Crippen LogP contribution in [0.15, 0.2) is 12.4 Å². The fourth-order valence-electron chi connectivity index (χ4n) is 1.83. The van der Waals surface area contributed by atoms with Gasteiger partial charge in [-0.2, -0.15) is 0 Å². The van der Waals surface area contributed by atoms with Gasteiger partial charge in [0.15, 0.2) is 5.41 Å². The maximum atomic E-state index is 12.2. The van der Waals surface area contributed by atoms with Crippen molar-refractivity contribution in [1.82, 2.24) is 15.3 Å². The highest BCUT2D eigenvalue weighted by Gasteiger charge is 2.49. The third kappa shape index (κ3) is 3.74. The van der Waals surface area contributed by atoms with Crippen LogP contribution < -0.4 is 10.1 Å². The third-order valence-corrected chi connectivity index (χ3v) is 3.49. The minimum Gasteiger partial charge on any atom is -0.480 e. The van der Waals surface area contributed by atoms with Crippen molar-refractivity contribution in [3.63, 3.8) is 0 Å². The van der Waals surface area contributed by atoms with Crippen molar-refractivity contribution in [2.24, 2.45) is 5.41 Å². The first-order valence-electron chi connectivity index (χ1n) is 6.65. The summed E-state index contributed by atoms with van der Waals surface area (Å²) in [5.41, 5.74) is -1.72. The predicted molar refractivity (Wildman–Crippen MR) is 77.7 cm³/mol. The van der Waals surface area contributed by atoms with Crippen LogP contribution in [-0.4, -0.2) is 55.2 Å². The minimum atomic E-state index is -1.70. The topological polar surface area (TPSA) is 117 Å². The van der Waals surface area contributed by atoms with Crippen molar-refractivity contribution >= 4 is 17.8 Å². The molecule has 1 aromatic heterocycles. The van der Waals surface area contributed by atoms with Gasteiger partial charge in [-0.25, -0.2) is 4.98 Å². The van der Waals surface area contributed by atoms with E-state index in [2.05, 4.69) is 24.8 Å². The lowest BCUT2D eigenvalue weighted by Crippen LogP contribution is -2.54. The number of esters is 2. The summed E-state index contributed by atoms with van der Waals surface area (Å²) in [6, 6.07) is -0.914. The summed E-state index contributed by atoms with van der Waals surface area (Å²) >= 11 is 0. The maximum Gasteiger partial charge on any atom is 0.325 e. The van der Waals surface area contributed by atoms with E-state index in [1.54, 1.807) is 0 Å². The second-order valence-corrected chi connectivity index (χ2v) is 4.83. The molecule has 9 nitrogen and oxygen atoms in total. The summed E-state index contributed by atoms with van der Waals surface area (Å²) in [4.78, 5) is 43.9. The van der Waals surface area contributed by atoms with Crippen LogP contribution in [0, 0.1) is 5.41 Å².